The van der Waals surface area contributed by atoms with Gasteiger partial charge in [0, 0.05) is 0 Å². The lowest BCUT2D eigenvalue weighted by Gasteiger charge is -2.42. The van der Waals surface area contributed by atoms with E-state index in [2.05, 4.69) is 46.8 Å². The summed E-state index contributed by atoms with van der Waals surface area (Å²) in [5, 5.41) is 0. The topological polar surface area (TPSA) is 17.1 Å². The molecule has 0 aliphatic heterocycles. The lowest BCUT2D eigenvalue weighted by atomic mass is 9.62. The minimum Gasteiger partial charge on any atom is -0.298 e. The standard InChI is InChI=1S/C22H30O/c1-15-12-19-20(22(4,5)11-10-21(19,2)3)13-18(15)17-9-7-6-8-16(17)14-23/h12-14H,6-11H2,1-5H3. The van der Waals surface area contributed by atoms with E-state index in [0.29, 0.717) is 0 Å². The molecule has 0 N–H and O–H groups in total. The van der Waals surface area contributed by atoms with Crippen molar-refractivity contribution < 1.29 is 4.79 Å². The van der Waals surface area contributed by atoms with Crippen molar-refractivity contribution in [2.24, 2.45) is 0 Å². The van der Waals surface area contributed by atoms with Gasteiger partial charge < -0.3 is 0 Å². The van der Waals surface area contributed by atoms with E-state index in [4.69, 9.17) is 0 Å². The summed E-state index contributed by atoms with van der Waals surface area (Å²) < 4.78 is 0. The molecule has 0 fully saturated rings. The van der Waals surface area contributed by atoms with E-state index in [1.807, 2.05) is 0 Å². The van der Waals surface area contributed by atoms with Gasteiger partial charge in [-0.15, -0.1) is 0 Å². The Bertz CT molecular complexity index is 673. The molecule has 0 radical (unpaired) electrons. The van der Waals surface area contributed by atoms with Crippen LogP contribution in [0.2, 0.25) is 0 Å². The zero-order valence-corrected chi connectivity index (χ0v) is 15.4. The summed E-state index contributed by atoms with van der Waals surface area (Å²) in [6.07, 6.45) is 7.94. The molecule has 1 aromatic rings. The molecule has 23 heavy (non-hydrogen) atoms. The van der Waals surface area contributed by atoms with Crippen molar-refractivity contribution in [1.29, 1.82) is 0 Å². The van der Waals surface area contributed by atoms with Crippen molar-refractivity contribution in [2.45, 2.75) is 84.0 Å². The number of hydrogen-bond acceptors (Lipinski definition) is 1. The Balaban J connectivity index is 2.22. The zero-order chi connectivity index (χ0) is 16.8. The van der Waals surface area contributed by atoms with Gasteiger partial charge in [-0.25, -0.2) is 0 Å². The quantitative estimate of drug-likeness (QED) is 0.624. The molecule has 0 spiro atoms. The largest absolute Gasteiger partial charge is 0.298 e. The molecule has 2 aliphatic rings. The van der Waals surface area contributed by atoms with Gasteiger partial charge in [-0.3, -0.25) is 4.79 Å². The van der Waals surface area contributed by atoms with E-state index in [1.165, 1.54) is 47.1 Å². The fourth-order valence-electron chi connectivity index (χ4n) is 4.41. The van der Waals surface area contributed by atoms with Crippen LogP contribution in [-0.2, 0) is 15.6 Å². The minimum absolute atomic E-state index is 0.226. The van der Waals surface area contributed by atoms with Crippen molar-refractivity contribution >= 4 is 11.9 Å². The van der Waals surface area contributed by atoms with E-state index >= 15 is 0 Å². The van der Waals surface area contributed by atoms with Gasteiger partial charge in [0.1, 0.15) is 6.29 Å². The monoisotopic (exact) mass is 310 g/mol. The van der Waals surface area contributed by atoms with E-state index in [-0.39, 0.29) is 10.8 Å². The van der Waals surface area contributed by atoms with Crippen LogP contribution in [0.5, 0.6) is 0 Å². The van der Waals surface area contributed by atoms with Crippen LogP contribution in [0.3, 0.4) is 0 Å². The molecule has 124 valence electrons. The van der Waals surface area contributed by atoms with E-state index in [9.17, 15) is 4.79 Å². The van der Waals surface area contributed by atoms with Crippen LogP contribution in [0.25, 0.3) is 5.57 Å². The zero-order valence-electron chi connectivity index (χ0n) is 15.4. The summed E-state index contributed by atoms with van der Waals surface area (Å²) in [4.78, 5) is 11.5. The first kappa shape index (κ1) is 16.5. The third-order valence-electron chi connectivity index (χ3n) is 6.18. The summed E-state index contributed by atoms with van der Waals surface area (Å²) in [5.41, 5.74) is 8.50. The summed E-state index contributed by atoms with van der Waals surface area (Å²) in [7, 11) is 0. The Morgan fingerprint density at radius 1 is 0.913 bits per heavy atom. The van der Waals surface area contributed by atoms with Crippen LogP contribution >= 0.6 is 0 Å². The summed E-state index contributed by atoms with van der Waals surface area (Å²) in [6, 6.07) is 4.84. The summed E-state index contributed by atoms with van der Waals surface area (Å²) in [5.74, 6) is 0. The van der Waals surface area contributed by atoms with Gasteiger partial charge in [-0.2, -0.15) is 0 Å². The smallest absolute Gasteiger partial charge is 0.146 e. The lowest BCUT2D eigenvalue weighted by molar-refractivity contribution is -0.105. The molecule has 3 rings (SSSR count). The van der Waals surface area contributed by atoms with Gasteiger partial charge in [0.25, 0.3) is 0 Å². The first-order valence-corrected chi connectivity index (χ1v) is 9.09. The SMILES string of the molecule is Cc1cc2c(cc1C1=C(C=O)CCCC1)C(C)(C)CCC2(C)C. The first-order valence-electron chi connectivity index (χ1n) is 9.09. The van der Waals surface area contributed by atoms with Gasteiger partial charge in [0.15, 0.2) is 0 Å². The van der Waals surface area contributed by atoms with Gasteiger partial charge in [-0.05, 0) is 89.7 Å². The number of benzene rings is 1. The number of rotatable bonds is 2. The van der Waals surface area contributed by atoms with E-state index < -0.39 is 0 Å². The molecule has 0 atom stereocenters. The summed E-state index contributed by atoms with van der Waals surface area (Å²) in [6.45, 7) is 11.7. The Labute approximate surface area is 141 Å². The third-order valence-corrected chi connectivity index (χ3v) is 6.18. The lowest BCUT2D eigenvalue weighted by Crippen LogP contribution is -2.34. The van der Waals surface area contributed by atoms with Crippen LogP contribution < -0.4 is 0 Å². The van der Waals surface area contributed by atoms with Crippen molar-refractivity contribution in [2.75, 3.05) is 0 Å². The van der Waals surface area contributed by atoms with Crippen molar-refractivity contribution in [3.63, 3.8) is 0 Å². The molecular weight excluding hydrogens is 280 g/mol. The van der Waals surface area contributed by atoms with Crippen molar-refractivity contribution in [1.82, 2.24) is 0 Å². The number of hydrogen-bond donors (Lipinski definition) is 0. The normalized spacial score (nSPS) is 22.7. The molecule has 1 nitrogen and oxygen atoms in total. The number of aldehydes is 1. The number of carbonyl (C=O) groups is 1. The highest BCUT2D eigenvalue weighted by Gasteiger charge is 2.37. The number of fused-ring (bicyclic) bond motifs is 1. The molecule has 1 heteroatoms. The second kappa shape index (κ2) is 5.61. The summed E-state index contributed by atoms with van der Waals surface area (Å²) >= 11 is 0. The first-order chi connectivity index (χ1) is 10.8. The second-order valence-corrected chi connectivity index (χ2v) is 8.81. The highest BCUT2D eigenvalue weighted by molar-refractivity contribution is 5.89. The molecule has 0 aromatic heterocycles. The van der Waals surface area contributed by atoms with Crippen LogP contribution in [0, 0.1) is 6.92 Å². The number of allylic oxidation sites excluding steroid dienone is 2. The fourth-order valence-corrected chi connectivity index (χ4v) is 4.41. The molecule has 0 bridgehead atoms. The van der Waals surface area contributed by atoms with Crippen molar-refractivity contribution in [3.8, 4) is 0 Å². The molecule has 0 saturated carbocycles. The van der Waals surface area contributed by atoms with Gasteiger partial charge in [0.05, 0.1) is 0 Å². The predicted octanol–water partition coefficient (Wildman–Crippen LogP) is 5.87. The van der Waals surface area contributed by atoms with Crippen LogP contribution in [0.4, 0.5) is 0 Å². The predicted molar refractivity (Wildman–Crippen MR) is 97.9 cm³/mol. The maximum atomic E-state index is 11.5. The van der Waals surface area contributed by atoms with E-state index in [1.54, 1.807) is 0 Å². The maximum absolute atomic E-state index is 11.5. The Kier molecular flexibility index (Phi) is 4.02. The minimum atomic E-state index is 0.226. The molecular formula is C22H30O. The molecule has 0 saturated heterocycles. The van der Waals surface area contributed by atoms with Gasteiger partial charge >= 0.3 is 0 Å². The number of aryl methyl sites for hydroxylation is 1. The number of carbonyl (C=O) groups excluding carboxylic acids is 1. The van der Waals surface area contributed by atoms with Gasteiger partial charge in [0.2, 0.25) is 0 Å². The highest BCUT2D eigenvalue weighted by Crippen LogP contribution is 2.47. The third kappa shape index (κ3) is 2.79. The van der Waals surface area contributed by atoms with Crippen LogP contribution in [0.1, 0.15) is 88.5 Å². The van der Waals surface area contributed by atoms with E-state index in [0.717, 1.165) is 31.1 Å². The van der Waals surface area contributed by atoms with Crippen LogP contribution in [0.15, 0.2) is 17.7 Å². The molecule has 0 unspecified atom stereocenters. The van der Waals surface area contributed by atoms with Crippen molar-refractivity contribution in [3.05, 3.63) is 40.0 Å². The molecule has 1 aromatic carbocycles. The highest BCUT2D eigenvalue weighted by atomic mass is 16.1. The Morgan fingerprint density at radius 2 is 1.48 bits per heavy atom. The molecule has 0 amide bonds. The second-order valence-electron chi connectivity index (χ2n) is 8.81. The van der Waals surface area contributed by atoms with Crippen LogP contribution in [-0.4, -0.2) is 6.29 Å². The maximum Gasteiger partial charge on any atom is 0.146 e. The Hall–Kier alpha value is -1.37. The average Bonchev–Trinajstić information content (AvgIpc) is 2.51. The Morgan fingerprint density at radius 3 is 2.09 bits per heavy atom. The molecule has 0 heterocycles. The average molecular weight is 310 g/mol. The fraction of sp³-hybridized carbons (Fsp3) is 0.591. The van der Waals surface area contributed by atoms with Gasteiger partial charge in [-0.1, -0.05) is 39.8 Å². The molecule has 2 aliphatic carbocycles.